The molecule has 1 aromatic carbocycles. The first-order valence-corrected chi connectivity index (χ1v) is 5.55. The monoisotopic (exact) mass is 243 g/mol. The number of nitrogens with zero attached hydrogens (tertiary/aromatic N) is 1. The molecule has 18 heavy (non-hydrogen) atoms. The molecular weight excluding hydrogens is 230 g/mol. The summed E-state index contributed by atoms with van der Waals surface area (Å²) in [6.45, 7) is 1.68. The van der Waals surface area contributed by atoms with Crippen LogP contribution in [0, 0.1) is 6.92 Å². The van der Waals surface area contributed by atoms with E-state index in [0.717, 1.165) is 16.7 Å². The van der Waals surface area contributed by atoms with E-state index in [1.165, 1.54) is 16.8 Å². The van der Waals surface area contributed by atoms with Crippen molar-refractivity contribution in [2.24, 2.45) is 0 Å². The van der Waals surface area contributed by atoms with Gasteiger partial charge in [-0.3, -0.25) is 9.59 Å². The van der Waals surface area contributed by atoms with Crippen molar-refractivity contribution in [1.82, 2.24) is 4.57 Å². The van der Waals surface area contributed by atoms with Crippen molar-refractivity contribution >= 4 is 5.97 Å². The maximum atomic E-state index is 11.7. The van der Waals surface area contributed by atoms with Gasteiger partial charge in [0.1, 0.15) is 6.54 Å². The van der Waals surface area contributed by atoms with Crippen molar-refractivity contribution < 1.29 is 9.90 Å². The molecule has 0 spiro atoms. The first kappa shape index (κ1) is 12.1. The zero-order chi connectivity index (χ0) is 13.1. The molecule has 0 radical (unpaired) electrons. The van der Waals surface area contributed by atoms with Crippen molar-refractivity contribution in [3.05, 3.63) is 58.5 Å². The Morgan fingerprint density at radius 1 is 1.17 bits per heavy atom. The van der Waals surface area contributed by atoms with Crippen molar-refractivity contribution in [3.63, 3.8) is 0 Å². The second-order valence-corrected chi connectivity index (χ2v) is 4.14. The van der Waals surface area contributed by atoms with Gasteiger partial charge >= 0.3 is 5.97 Å². The minimum absolute atomic E-state index is 0.310. The quantitative estimate of drug-likeness (QED) is 0.895. The third-order valence-corrected chi connectivity index (χ3v) is 2.69. The Labute approximate surface area is 104 Å². The van der Waals surface area contributed by atoms with Gasteiger partial charge in [0.15, 0.2) is 0 Å². The predicted molar refractivity (Wildman–Crippen MR) is 68.5 cm³/mol. The lowest BCUT2D eigenvalue weighted by atomic mass is 10.1. The Balaban J connectivity index is 2.37. The normalized spacial score (nSPS) is 10.3. The van der Waals surface area contributed by atoms with Crippen LogP contribution < -0.4 is 5.56 Å². The topological polar surface area (TPSA) is 59.3 Å². The fraction of sp³-hybridized carbons (Fsp3) is 0.143. The molecule has 0 aliphatic carbocycles. The van der Waals surface area contributed by atoms with Crippen LogP contribution in [0.4, 0.5) is 0 Å². The van der Waals surface area contributed by atoms with Crippen molar-refractivity contribution in [1.29, 1.82) is 0 Å². The third-order valence-electron chi connectivity index (χ3n) is 2.69. The van der Waals surface area contributed by atoms with Crippen LogP contribution in [0.15, 0.2) is 47.4 Å². The van der Waals surface area contributed by atoms with Gasteiger partial charge in [-0.1, -0.05) is 29.8 Å². The summed E-state index contributed by atoms with van der Waals surface area (Å²) in [4.78, 5) is 22.3. The van der Waals surface area contributed by atoms with Gasteiger partial charge in [0, 0.05) is 12.3 Å². The molecule has 0 amide bonds. The molecule has 0 saturated carbocycles. The Bertz CT molecular complexity index is 626. The van der Waals surface area contributed by atoms with Gasteiger partial charge in [0.05, 0.1) is 0 Å². The van der Waals surface area contributed by atoms with Gasteiger partial charge in [0.2, 0.25) is 0 Å². The average Bonchev–Trinajstić information content (AvgIpc) is 2.32. The summed E-state index contributed by atoms with van der Waals surface area (Å²) in [6.07, 6.45) is 1.51. The molecule has 0 aliphatic heterocycles. The fourth-order valence-electron chi connectivity index (χ4n) is 1.71. The zero-order valence-electron chi connectivity index (χ0n) is 9.96. The van der Waals surface area contributed by atoms with Gasteiger partial charge in [0.25, 0.3) is 5.56 Å². The molecule has 1 heterocycles. The number of aromatic nitrogens is 1. The average molecular weight is 243 g/mol. The highest BCUT2D eigenvalue weighted by molar-refractivity contribution is 5.67. The lowest BCUT2D eigenvalue weighted by molar-refractivity contribution is -0.137. The number of rotatable bonds is 3. The molecule has 0 saturated heterocycles. The van der Waals surface area contributed by atoms with E-state index in [2.05, 4.69) is 0 Å². The molecule has 2 aromatic rings. The van der Waals surface area contributed by atoms with Crippen LogP contribution in [0.1, 0.15) is 5.56 Å². The van der Waals surface area contributed by atoms with Crippen LogP contribution in [0.5, 0.6) is 0 Å². The maximum Gasteiger partial charge on any atom is 0.323 e. The lowest BCUT2D eigenvalue weighted by Gasteiger charge is -2.05. The summed E-state index contributed by atoms with van der Waals surface area (Å²) in [6, 6.07) is 11.0. The molecule has 92 valence electrons. The number of pyridine rings is 1. The molecular formula is C14H13NO3. The highest BCUT2D eigenvalue weighted by Gasteiger charge is 2.04. The first-order chi connectivity index (χ1) is 8.56. The summed E-state index contributed by atoms with van der Waals surface area (Å²) < 4.78 is 1.17. The second-order valence-electron chi connectivity index (χ2n) is 4.14. The summed E-state index contributed by atoms with van der Waals surface area (Å²) in [7, 11) is 0. The molecule has 4 nitrogen and oxygen atoms in total. The van der Waals surface area contributed by atoms with Crippen molar-refractivity contribution in [3.8, 4) is 11.1 Å². The smallest absolute Gasteiger partial charge is 0.323 e. The molecule has 2 rings (SSSR count). The van der Waals surface area contributed by atoms with Crippen LogP contribution in [0.3, 0.4) is 0 Å². The van der Waals surface area contributed by atoms with Crippen LogP contribution in [-0.4, -0.2) is 15.6 Å². The van der Waals surface area contributed by atoms with Gasteiger partial charge in [-0.25, -0.2) is 0 Å². The maximum absolute atomic E-state index is 11.7. The number of aryl methyl sites for hydroxylation is 1. The van der Waals surface area contributed by atoms with E-state index in [0.29, 0.717) is 0 Å². The Hall–Kier alpha value is -2.36. The van der Waals surface area contributed by atoms with E-state index < -0.39 is 5.97 Å². The SMILES string of the molecule is Cc1ccc(-c2ccn(CC(=O)O)c(=O)c2)cc1. The molecule has 0 aliphatic rings. The number of hydrogen-bond donors (Lipinski definition) is 1. The van der Waals surface area contributed by atoms with Crippen LogP contribution in [0.2, 0.25) is 0 Å². The number of benzene rings is 1. The van der Waals surface area contributed by atoms with E-state index in [-0.39, 0.29) is 12.1 Å². The summed E-state index contributed by atoms with van der Waals surface area (Å²) >= 11 is 0. The van der Waals surface area contributed by atoms with E-state index in [1.807, 2.05) is 31.2 Å². The summed E-state index contributed by atoms with van der Waals surface area (Å²) in [5.41, 5.74) is 2.58. The Kier molecular flexibility index (Phi) is 3.28. The predicted octanol–water partition coefficient (Wildman–Crippen LogP) is 1.91. The van der Waals surface area contributed by atoms with Crippen molar-refractivity contribution in [2.75, 3.05) is 0 Å². The number of carboxylic acid groups (broad SMARTS) is 1. The van der Waals surface area contributed by atoms with E-state index in [1.54, 1.807) is 6.07 Å². The number of carbonyl (C=O) groups is 1. The molecule has 0 atom stereocenters. The standard InChI is InChI=1S/C14H13NO3/c1-10-2-4-11(5-3-10)12-6-7-15(9-14(17)18)13(16)8-12/h2-8H,9H2,1H3,(H,17,18). The van der Waals surface area contributed by atoms with E-state index in [4.69, 9.17) is 5.11 Å². The minimum Gasteiger partial charge on any atom is -0.480 e. The molecule has 0 fully saturated rings. The van der Waals surface area contributed by atoms with Crippen LogP contribution in [-0.2, 0) is 11.3 Å². The molecule has 0 bridgehead atoms. The van der Waals surface area contributed by atoms with E-state index in [9.17, 15) is 9.59 Å². The van der Waals surface area contributed by atoms with Gasteiger partial charge in [-0.2, -0.15) is 0 Å². The van der Waals surface area contributed by atoms with Gasteiger partial charge in [-0.05, 0) is 24.1 Å². The van der Waals surface area contributed by atoms with Gasteiger partial charge < -0.3 is 9.67 Å². The molecule has 1 N–H and O–H groups in total. The highest BCUT2D eigenvalue weighted by Crippen LogP contribution is 2.17. The van der Waals surface area contributed by atoms with E-state index >= 15 is 0 Å². The van der Waals surface area contributed by atoms with Crippen LogP contribution in [0.25, 0.3) is 11.1 Å². The molecule has 0 unspecified atom stereocenters. The van der Waals surface area contributed by atoms with Crippen molar-refractivity contribution in [2.45, 2.75) is 13.5 Å². The second kappa shape index (κ2) is 4.87. The minimum atomic E-state index is -1.03. The van der Waals surface area contributed by atoms with Crippen LogP contribution >= 0.6 is 0 Å². The first-order valence-electron chi connectivity index (χ1n) is 5.55. The Morgan fingerprint density at radius 3 is 2.39 bits per heavy atom. The third kappa shape index (κ3) is 2.66. The number of aliphatic carboxylic acids is 1. The molecule has 1 aromatic heterocycles. The number of carboxylic acids is 1. The largest absolute Gasteiger partial charge is 0.480 e. The highest BCUT2D eigenvalue weighted by atomic mass is 16.4. The molecule has 4 heteroatoms. The summed E-state index contributed by atoms with van der Waals surface area (Å²) in [5.74, 6) is -1.03. The number of hydrogen-bond acceptors (Lipinski definition) is 2. The fourth-order valence-corrected chi connectivity index (χ4v) is 1.71. The lowest BCUT2D eigenvalue weighted by Crippen LogP contribution is -2.22. The summed E-state index contributed by atoms with van der Waals surface area (Å²) in [5, 5.41) is 8.65. The Morgan fingerprint density at radius 2 is 1.83 bits per heavy atom. The van der Waals surface area contributed by atoms with Gasteiger partial charge in [-0.15, -0.1) is 0 Å². The zero-order valence-corrected chi connectivity index (χ0v) is 9.96.